The SMILES string of the molecule is CCCCCCCCCCCCO[N+](=O)OCCCCCCCCCCCC.N. The van der Waals surface area contributed by atoms with E-state index in [-0.39, 0.29) is 6.15 Å². The molecule has 0 amide bonds. The lowest BCUT2D eigenvalue weighted by Gasteiger charge is -2.01. The van der Waals surface area contributed by atoms with Crippen LogP contribution in [0, 0.1) is 4.91 Å². The Morgan fingerprint density at radius 3 is 0.966 bits per heavy atom. The average molecular weight is 418 g/mol. The maximum absolute atomic E-state index is 11.4. The van der Waals surface area contributed by atoms with Gasteiger partial charge in [-0.2, -0.15) is 9.68 Å². The van der Waals surface area contributed by atoms with Gasteiger partial charge < -0.3 is 6.15 Å². The van der Waals surface area contributed by atoms with Gasteiger partial charge in [0.1, 0.15) is 4.91 Å². The Labute approximate surface area is 181 Å². The van der Waals surface area contributed by atoms with Crippen molar-refractivity contribution in [3.05, 3.63) is 4.91 Å². The highest BCUT2D eigenvalue weighted by Crippen LogP contribution is 2.11. The lowest BCUT2D eigenvalue weighted by molar-refractivity contribution is -0.981. The summed E-state index contributed by atoms with van der Waals surface area (Å²) < 4.78 is 0. The summed E-state index contributed by atoms with van der Waals surface area (Å²) in [6.07, 6.45) is 25.7. The van der Waals surface area contributed by atoms with E-state index < -0.39 is 0 Å². The van der Waals surface area contributed by atoms with E-state index in [9.17, 15) is 4.91 Å². The molecule has 176 valence electrons. The fourth-order valence-electron chi connectivity index (χ4n) is 3.49. The van der Waals surface area contributed by atoms with Crippen molar-refractivity contribution in [1.29, 1.82) is 0 Å². The highest BCUT2D eigenvalue weighted by atomic mass is 17.0. The van der Waals surface area contributed by atoms with Crippen LogP contribution in [0.25, 0.3) is 0 Å². The molecule has 0 aliphatic rings. The molecule has 0 aliphatic heterocycles. The molecular formula is C24H53N2O3+. The van der Waals surface area contributed by atoms with Crippen LogP contribution in [0.2, 0.25) is 0 Å². The Balaban J connectivity index is 0. The van der Waals surface area contributed by atoms with Crippen LogP contribution >= 0.6 is 0 Å². The molecule has 3 N–H and O–H groups in total. The first kappa shape index (κ1) is 30.4. The van der Waals surface area contributed by atoms with Crippen molar-refractivity contribution in [2.24, 2.45) is 0 Å². The summed E-state index contributed by atoms with van der Waals surface area (Å²) in [7, 11) is 0. The zero-order valence-corrected chi connectivity index (χ0v) is 19.9. The van der Waals surface area contributed by atoms with Gasteiger partial charge in [-0.15, -0.1) is 0 Å². The van der Waals surface area contributed by atoms with E-state index in [1.165, 1.54) is 103 Å². The molecule has 0 unspecified atom stereocenters. The van der Waals surface area contributed by atoms with Gasteiger partial charge in [-0.05, 0) is 25.7 Å². The maximum atomic E-state index is 11.4. The largest absolute Gasteiger partial charge is 0.477 e. The van der Waals surface area contributed by atoms with Crippen molar-refractivity contribution in [2.45, 2.75) is 142 Å². The Bertz CT molecular complexity index is 287. The Hall–Kier alpha value is -0.840. The molecule has 5 heteroatoms. The molecular weight excluding hydrogens is 364 g/mol. The first-order valence-electron chi connectivity index (χ1n) is 12.5. The van der Waals surface area contributed by atoms with Crippen LogP contribution in [0.5, 0.6) is 0 Å². The van der Waals surface area contributed by atoms with Crippen LogP contribution in [0.15, 0.2) is 0 Å². The fourth-order valence-corrected chi connectivity index (χ4v) is 3.49. The van der Waals surface area contributed by atoms with Gasteiger partial charge in [0.15, 0.2) is 13.2 Å². The maximum Gasteiger partial charge on any atom is 0.477 e. The Kier molecular flexibility index (Phi) is 28.4. The number of hydrogen-bond donors (Lipinski definition) is 1. The monoisotopic (exact) mass is 417 g/mol. The fraction of sp³-hybridized carbons (Fsp3) is 1.00. The Morgan fingerprint density at radius 1 is 0.448 bits per heavy atom. The molecule has 0 aromatic heterocycles. The standard InChI is InChI=1S/C24H50NO3.H3N/c1-3-5-7-9-11-13-15-17-19-21-23-27-25(26)28-24-22-20-18-16-14-12-10-8-6-4-2;/h3-24H2,1-2H3;1H3/q+1;. The third kappa shape index (κ3) is 27.2. The quantitative estimate of drug-likeness (QED) is 0.126. The molecule has 0 fully saturated rings. The van der Waals surface area contributed by atoms with Gasteiger partial charge in [-0.1, -0.05) is 117 Å². The molecule has 0 saturated heterocycles. The average Bonchev–Trinajstić information content (AvgIpc) is 2.70. The number of hydrogen-bond acceptors (Lipinski definition) is 4. The molecule has 0 radical (unpaired) electrons. The van der Waals surface area contributed by atoms with E-state index in [1.807, 2.05) is 0 Å². The van der Waals surface area contributed by atoms with Crippen LogP contribution < -0.4 is 6.15 Å². The minimum atomic E-state index is 0. The normalized spacial score (nSPS) is 10.6. The van der Waals surface area contributed by atoms with Gasteiger partial charge in [-0.25, -0.2) is 0 Å². The molecule has 5 nitrogen and oxygen atoms in total. The first-order chi connectivity index (χ1) is 13.8. The third-order valence-electron chi connectivity index (χ3n) is 5.39. The van der Waals surface area contributed by atoms with Crippen molar-refractivity contribution in [2.75, 3.05) is 13.2 Å². The summed E-state index contributed by atoms with van der Waals surface area (Å²) in [5.41, 5.74) is 0. The van der Waals surface area contributed by atoms with Crippen molar-refractivity contribution >= 4 is 0 Å². The zero-order valence-electron chi connectivity index (χ0n) is 19.9. The second-order valence-electron chi connectivity index (χ2n) is 8.25. The van der Waals surface area contributed by atoms with Crippen molar-refractivity contribution < 1.29 is 14.8 Å². The zero-order chi connectivity index (χ0) is 20.5. The predicted molar refractivity (Wildman–Crippen MR) is 124 cm³/mol. The van der Waals surface area contributed by atoms with Gasteiger partial charge in [0.05, 0.1) is 0 Å². The van der Waals surface area contributed by atoms with E-state index in [1.54, 1.807) is 0 Å². The number of nitrogens with zero attached hydrogens (tertiary/aromatic N) is 1. The molecule has 0 aliphatic carbocycles. The molecule has 0 rings (SSSR count). The summed E-state index contributed by atoms with van der Waals surface area (Å²) in [6.45, 7) is 5.46. The highest BCUT2D eigenvalue weighted by Gasteiger charge is 2.11. The van der Waals surface area contributed by atoms with Crippen LogP contribution in [0.3, 0.4) is 0 Å². The van der Waals surface area contributed by atoms with Crippen LogP contribution in [-0.4, -0.2) is 18.3 Å². The Morgan fingerprint density at radius 2 is 0.690 bits per heavy atom. The second kappa shape index (κ2) is 27.2. The summed E-state index contributed by atoms with van der Waals surface area (Å²) in [5, 5.41) is 0.321. The van der Waals surface area contributed by atoms with E-state index >= 15 is 0 Å². The first-order valence-corrected chi connectivity index (χ1v) is 12.5. The molecule has 0 saturated carbocycles. The van der Waals surface area contributed by atoms with Crippen molar-refractivity contribution in [1.82, 2.24) is 6.15 Å². The second-order valence-corrected chi connectivity index (χ2v) is 8.25. The minimum absolute atomic E-state index is 0. The van der Waals surface area contributed by atoms with Crippen LogP contribution in [-0.2, 0) is 9.68 Å². The summed E-state index contributed by atoms with van der Waals surface area (Å²) in [4.78, 5) is 21.6. The number of unbranched alkanes of at least 4 members (excludes halogenated alkanes) is 18. The van der Waals surface area contributed by atoms with Crippen molar-refractivity contribution in [3.8, 4) is 0 Å². The summed E-state index contributed by atoms with van der Waals surface area (Å²) in [6, 6.07) is 0. The van der Waals surface area contributed by atoms with Gasteiger partial charge in [0, 0.05) is 0 Å². The van der Waals surface area contributed by atoms with Crippen LogP contribution in [0.1, 0.15) is 142 Å². The third-order valence-corrected chi connectivity index (χ3v) is 5.39. The van der Waals surface area contributed by atoms with Gasteiger partial charge in [0.2, 0.25) is 0 Å². The lowest BCUT2D eigenvalue weighted by atomic mass is 10.1. The minimum Gasteiger partial charge on any atom is -0.344 e. The van der Waals surface area contributed by atoms with Gasteiger partial charge in [0.25, 0.3) is 0 Å². The van der Waals surface area contributed by atoms with Crippen LogP contribution in [0.4, 0.5) is 0 Å². The molecule has 0 heterocycles. The summed E-state index contributed by atoms with van der Waals surface area (Å²) in [5.74, 6) is 0. The van der Waals surface area contributed by atoms with E-state index in [0.29, 0.717) is 18.3 Å². The van der Waals surface area contributed by atoms with Crippen molar-refractivity contribution in [3.63, 3.8) is 0 Å². The lowest BCUT2D eigenvalue weighted by Crippen LogP contribution is -2.12. The molecule has 0 aromatic rings. The topological polar surface area (TPSA) is 73.5 Å². The smallest absolute Gasteiger partial charge is 0.344 e. The number of rotatable bonds is 24. The molecule has 29 heavy (non-hydrogen) atoms. The molecule has 0 spiro atoms. The molecule has 0 atom stereocenters. The van der Waals surface area contributed by atoms with E-state index in [0.717, 1.165) is 25.7 Å². The molecule has 0 bridgehead atoms. The van der Waals surface area contributed by atoms with Gasteiger partial charge in [-0.3, -0.25) is 0 Å². The predicted octanol–water partition coefficient (Wildman–Crippen LogP) is 8.63. The van der Waals surface area contributed by atoms with Gasteiger partial charge >= 0.3 is 5.09 Å². The van der Waals surface area contributed by atoms with E-state index in [2.05, 4.69) is 13.8 Å². The molecule has 0 aromatic carbocycles. The summed E-state index contributed by atoms with van der Waals surface area (Å²) >= 11 is 0. The van der Waals surface area contributed by atoms with E-state index in [4.69, 9.17) is 9.68 Å². The highest BCUT2D eigenvalue weighted by molar-refractivity contribution is 4.48.